The number of carbonyl (C=O) groups is 2. The number of hydrogen-bond acceptors (Lipinski definition) is 3. The van der Waals surface area contributed by atoms with Gasteiger partial charge in [-0.25, -0.2) is 0 Å². The van der Waals surface area contributed by atoms with Crippen LogP contribution < -0.4 is 5.32 Å². The van der Waals surface area contributed by atoms with Gasteiger partial charge in [0.1, 0.15) is 0 Å². The normalized spacial score (nSPS) is 25.1. The van der Waals surface area contributed by atoms with Gasteiger partial charge in [0.25, 0.3) is 0 Å². The van der Waals surface area contributed by atoms with E-state index < -0.39 is 11.9 Å². The Hall–Kier alpha value is -1.10. The Morgan fingerprint density at radius 2 is 1.94 bits per heavy atom. The van der Waals surface area contributed by atoms with E-state index in [9.17, 15) is 9.59 Å². The van der Waals surface area contributed by atoms with Gasteiger partial charge in [0.05, 0.1) is 11.8 Å². The van der Waals surface area contributed by atoms with Gasteiger partial charge in [0.2, 0.25) is 5.91 Å². The third kappa shape index (κ3) is 4.29. The van der Waals surface area contributed by atoms with Crippen molar-refractivity contribution in [3.8, 4) is 0 Å². The summed E-state index contributed by atoms with van der Waals surface area (Å²) >= 11 is 0. The first-order valence-electron chi connectivity index (χ1n) is 6.59. The third-order valence-corrected chi connectivity index (χ3v) is 3.57. The molecule has 18 heavy (non-hydrogen) atoms. The van der Waals surface area contributed by atoms with Gasteiger partial charge in [0, 0.05) is 6.04 Å². The van der Waals surface area contributed by atoms with Crippen LogP contribution in [0.4, 0.5) is 0 Å². The maximum Gasteiger partial charge on any atom is 0.307 e. The molecule has 0 bridgehead atoms. The van der Waals surface area contributed by atoms with E-state index in [1.54, 1.807) is 0 Å². The van der Waals surface area contributed by atoms with E-state index in [0.717, 1.165) is 19.4 Å². The number of aliphatic carboxylic acids is 1. The summed E-state index contributed by atoms with van der Waals surface area (Å²) in [7, 11) is 3.98. The van der Waals surface area contributed by atoms with Crippen LogP contribution in [0.1, 0.15) is 32.6 Å². The van der Waals surface area contributed by atoms with Crippen LogP contribution in [-0.2, 0) is 9.59 Å². The molecule has 5 nitrogen and oxygen atoms in total. The smallest absolute Gasteiger partial charge is 0.307 e. The zero-order valence-electron chi connectivity index (χ0n) is 11.5. The standard InChI is InChI=1S/C13H24N2O3/c1-9(7-8-15(2)3)14-12(16)10-5-4-6-11(10)13(17)18/h9-11H,4-8H2,1-3H3,(H,14,16)(H,17,18). The predicted molar refractivity (Wildman–Crippen MR) is 69.2 cm³/mol. The van der Waals surface area contributed by atoms with Crippen LogP contribution in [0, 0.1) is 11.8 Å². The molecule has 1 fully saturated rings. The van der Waals surface area contributed by atoms with Gasteiger partial charge in [-0.05, 0) is 46.8 Å². The second-order valence-corrected chi connectivity index (χ2v) is 5.48. The zero-order valence-corrected chi connectivity index (χ0v) is 11.5. The highest BCUT2D eigenvalue weighted by Gasteiger charge is 2.37. The summed E-state index contributed by atoms with van der Waals surface area (Å²) in [4.78, 5) is 25.1. The summed E-state index contributed by atoms with van der Waals surface area (Å²) in [6.45, 7) is 2.88. The van der Waals surface area contributed by atoms with Crippen molar-refractivity contribution in [2.24, 2.45) is 11.8 Å². The second kappa shape index (κ2) is 6.73. The molecule has 1 amide bonds. The van der Waals surface area contributed by atoms with Crippen molar-refractivity contribution in [1.82, 2.24) is 10.2 Å². The Kier molecular flexibility index (Phi) is 5.59. The fraction of sp³-hybridized carbons (Fsp3) is 0.846. The summed E-state index contributed by atoms with van der Waals surface area (Å²) in [6, 6.07) is 0.0925. The minimum absolute atomic E-state index is 0.0915. The Morgan fingerprint density at radius 3 is 2.50 bits per heavy atom. The minimum Gasteiger partial charge on any atom is -0.481 e. The zero-order chi connectivity index (χ0) is 13.7. The van der Waals surface area contributed by atoms with Crippen LogP contribution in [0.5, 0.6) is 0 Å². The lowest BCUT2D eigenvalue weighted by atomic mass is 9.95. The number of carboxylic acids is 1. The topological polar surface area (TPSA) is 69.6 Å². The van der Waals surface area contributed by atoms with E-state index in [2.05, 4.69) is 10.2 Å². The van der Waals surface area contributed by atoms with Gasteiger partial charge in [-0.3, -0.25) is 9.59 Å². The molecule has 5 heteroatoms. The van der Waals surface area contributed by atoms with Crippen molar-refractivity contribution in [3.63, 3.8) is 0 Å². The highest BCUT2D eigenvalue weighted by molar-refractivity contribution is 5.85. The van der Waals surface area contributed by atoms with E-state index in [4.69, 9.17) is 5.11 Å². The van der Waals surface area contributed by atoms with Crippen LogP contribution in [0.25, 0.3) is 0 Å². The van der Waals surface area contributed by atoms with Crippen molar-refractivity contribution in [3.05, 3.63) is 0 Å². The average molecular weight is 256 g/mol. The molecule has 3 atom stereocenters. The number of hydrogen-bond donors (Lipinski definition) is 2. The molecule has 2 N–H and O–H groups in total. The lowest BCUT2D eigenvalue weighted by Crippen LogP contribution is -2.41. The minimum atomic E-state index is -0.839. The SMILES string of the molecule is CC(CCN(C)C)NC(=O)C1CCCC1C(=O)O. The molecule has 0 spiro atoms. The Bertz CT molecular complexity index is 305. The molecule has 104 valence electrons. The van der Waals surface area contributed by atoms with Crippen molar-refractivity contribution in [2.75, 3.05) is 20.6 Å². The van der Waals surface area contributed by atoms with E-state index in [1.807, 2.05) is 21.0 Å². The molecular formula is C13H24N2O3. The fourth-order valence-corrected chi connectivity index (χ4v) is 2.44. The first kappa shape index (κ1) is 15.0. The molecule has 0 aromatic carbocycles. The van der Waals surface area contributed by atoms with E-state index >= 15 is 0 Å². The average Bonchev–Trinajstić information content (AvgIpc) is 2.75. The molecule has 0 heterocycles. The van der Waals surface area contributed by atoms with Crippen molar-refractivity contribution >= 4 is 11.9 Å². The summed E-state index contributed by atoms with van der Waals surface area (Å²) in [5, 5.41) is 12.0. The predicted octanol–water partition coefficient (Wildman–Crippen LogP) is 0.944. The number of carbonyl (C=O) groups excluding carboxylic acids is 1. The monoisotopic (exact) mass is 256 g/mol. The van der Waals surface area contributed by atoms with Crippen LogP contribution >= 0.6 is 0 Å². The van der Waals surface area contributed by atoms with Crippen LogP contribution in [0.2, 0.25) is 0 Å². The Morgan fingerprint density at radius 1 is 1.33 bits per heavy atom. The van der Waals surface area contributed by atoms with Crippen molar-refractivity contribution < 1.29 is 14.7 Å². The second-order valence-electron chi connectivity index (χ2n) is 5.48. The Labute approximate surface area is 109 Å². The molecule has 0 aliphatic heterocycles. The Balaban J connectivity index is 2.42. The number of carboxylic acid groups (broad SMARTS) is 1. The van der Waals surface area contributed by atoms with E-state index in [0.29, 0.717) is 12.8 Å². The van der Waals surface area contributed by atoms with Crippen molar-refractivity contribution in [1.29, 1.82) is 0 Å². The molecule has 0 aromatic heterocycles. The fourth-order valence-electron chi connectivity index (χ4n) is 2.44. The maximum absolute atomic E-state index is 12.0. The summed E-state index contributed by atoms with van der Waals surface area (Å²) in [6.07, 6.45) is 3.03. The molecular weight excluding hydrogens is 232 g/mol. The van der Waals surface area contributed by atoms with Gasteiger partial charge >= 0.3 is 5.97 Å². The lowest BCUT2D eigenvalue weighted by Gasteiger charge is -2.20. The van der Waals surface area contributed by atoms with Crippen LogP contribution in [-0.4, -0.2) is 48.6 Å². The van der Waals surface area contributed by atoms with Gasteiger partial charge < -0.3 is 15.3 Å². The number of nitrogens with one attached hydrogen (secondary N) is 1. The van der Waals surface area contributed by atoms with Crippen LogP contribution in [0.15, 0.2) is 0 Å². The highest BCUT2D eigenvalue weighted by Crippen LogP contribution is 2.32. The number of amides is 1. The first-order valence-corrected chi connectivity index (χ1v) is 6.59. The van der Waals surface area contributed by atoms with Gasteiger partial charge in [-0.1, -0.05) is 6.42 Å². The van der Waals surface area contributed by atoms with Gasteiger partial charge in [-0.2, -0.15) is 0 Å². The summed E-state index contributed by atoms with van der Waals surface area (Å²) in [5.41, 5.74) is 0. The highest BCUT2D eigenvalue weighted by atomic mass is 16.4. The van der Waals surface area contributed by atoms with E-state index in [1.165, 1.54) is 0 Å². The van der Waals surface area contributed by atoms with Gasteiger partial charge in [-0.15, -0.1) is 0 Å². The lowest BCUT2D eigenvalue weighted by molar-refractivity contribution is -0.146. The molecule has 0 aromatic rings. The third-order valence-electron chi connectivity index (χ3n) is 3.57. The maximum atomic E-state index is 12.0. The van der Waals surface area contributed by atoms with Gasteiger partial charge in [0.15, 0.2) is 0 Å². The number of nitrogens with zero attached hydrogens (tertiary/aromatic N) is 1. The molecule has 0 radical (unpaired) electrons. The number of rotatable bonds is 6. The molecule has 1 aliphatic rings. The molecule has 1 saturated carbocycles. The molecule has 1 aliphatic carbocycles. The van der Waals surface area contributed by atoms with Crippen molar-refractivity contribution in [2.45, 2.75) is 38.6 Å². The summed E-state index contributed by atoms with van der Waals surface area (Å²) in [5.74, 6) is -1.77. The quantitative estimate of drug-likeness (QED) is 0.742. The largest absolute Gasteiger partial charge is 0.481 e. The molecule has 0 saturated heterocycles. The summed E-state index contributed by atoms with van der Waals surface area (Å²) < 4.78 is 0. The van der Waals surface area contributed by atoms with E-state index in [-0.39, 0.29) is 17.9 Å². The molecule has 3 unspecified atom stereocenters. The first-order chi connectivity index (χ1) is 8.41. The molecule has 1 rings (SSSR count). The van der Waals surface area contributed by atoms with Crippen LogP contribution in [0.3, 0.4) is 0 Å².